The van der Waals surface area contributed by atoms with E-state index in [1.165, 1.54) is 18.2 Å². The molecule has 6 heteroatoms. The van der Waals surface area contributed by atoms with Gasteiger partial charge in [0.25, 0.3) is 5.91 Å². The highest BCUT2D eigenvalue weighted by Crippen LogP contribution is 2.23. The monoisotopic (exact) mass is 346 g/mol. The van der Waals surface area contributed by atoms with Crippen molar-refractivity contribution in [3.05, 3.63) is 64.4 Å². The molecular weight excluding hydrogens is 331 g/mol. The van der Waals surface area contributed by atoms with E-state index in [9.17, 15) is 14.0 Å². The molecular formula is C18H16ClFN2O2. The summed E-state index contributed by atoms with van der Waals surface area (Å²) in [4.78, 5) is 24.4. The number of halogens is 2. The average molecular weight is 347 g/mol. The number of benzene rings is 2. The number of hydrogen-bond acceptors (Lipinski definition) is 2. The number of nitrogens with one attached hydrogen (secondary N) is 2. The average Bonchev–Trinajstić information content (AvgIpc) is 3.35. The van der Waals surface area contributed by atoms with Crippen molar-refractivity contribution in [1.82, 2.24) is 5.32 Å². The molecule has 0 bridgehead atoms. The van der Waals surface area contributed by atoms with Crippen LogP contribution in [-0.4, -0.2) is 17.9 Å². The van der Waals surface area contributed by atoms with Crippen molar-refractivity contribution in [3.63, 3.8) is 0 Å². The molecule has 1 fully saturated rings. The van der Waals surface area contributed by atoms with E-state index in [4.69, 9.17) is 11.6 Å². The first-order chi connectivity index (χ1) is 11.5. The van der Waals surface area contributed by atoms with Crippen molar-refractivity contribution in [2.75, 3.05) is 5.32 Å². The number of hydrogen-bond donors (Lipinski definition) is 2. The summed E-state index contributed by atoms with van der Waals surface area (Å²) in [7, 11) is 0. The fraction of sp³-hybridized carbons (Fsp3) is 0.222. The Labute approximate surface area is 144 Å². The molecule has 124 valence electrons. The van der Waals surface area contributed by atoms with Crippen molar-refractivity contribution >= 4 is 29.1 Å². The van der Waals surface area contributed by atoms with Gasteiger partial charge in [0.2, 0.25) is 5.91 Å². The number of carbonyl (C=O) groups excluding carboxylic acids is 2. The van der Waals surface area contributed by atoms with Crippen molar-refractivity contribution < 1.29 is 14.0 Å². The van der Waals surface area contributed by atoms with E-state index >= 15 is 0 Å². The number of carbonyl (C=O) groups is 2. The van der Waals surface area contributed by atoms with Crippen LogP contribution in [-0.2, 0) is 11.2 Å². The Hall–Kier alpha value is -2.40. The third kappa shape index (κ3) is 3.92. The van der Waals surface area contributed by atoms with Crippen LogP contribution in [0.4, 0.5) is 10.1 Å². The molecule has 0 unspecified atom stereocenters. The standard InChI is InChI=1S/C18H16ClFN2O2/c19-14-5-3-6-15(20)13(14)10-17(23)22-16-7-2-1-4-12(16)18(24)21-11-8-9-11/h1-7,11H,8-10H2,(H,21,24)(H,22,23). The summed E-state index contributed by atoms with van der Waals surface area (Å²) >= 11 is 5.94. The van der Waals surface area contributed by atoms with Crippen LogP contribution in [0.3, 0.4) is 0 Å². The molecule has 2 aromatic carbocycles. The largest absolute Gasteiger partial charge is 0.349 e. The van der Waals surface area contributed by atoms with Crippen LogP contribution in [0.15, 0.2) is 42.5 Å². The molecule has 0 saturated heterocycles. The lowest BCUT2D eigenvalue weighted by Crippen LogP contribution is -2.27. The topological polar surface area (TPSA) is 58.2 Å². The molecule has 2 amide bonds. The van der Waals surface area contributed by atoms with Gasteiger partial charge in [0.05, 0.1) is 17.7 Å². The molecule has 1 aliphatic rings. The summed E-state index contributed by atoms with van der Waals surface area (Å²) in [5.41, 5.74) is 0.919. The fourth-order valence-electron chi connectivity index (χ4n) is 2.34. The third-order valence-corrected chi connectivity index (χ3v) is 4.11. The minimum absolute atomic E-state index is 0.136. The highest BCUT2D eigenvalue weighted by molar-refractivity contribution is 6.31. The summed E-state index contributed by atoms with van der Waals surface area (Å²) in [6, 6.07) is 11.2. The van der Waals surface area contributed by atoms with Gasteiger partial charge in [-0.25, -0.2) is 4.39 Å². The van der Waals surface area contributed by atoms with Gasteiger partial charge in [-0.2, -0.15) is 0 Å². The molecule has 0 radical (unpaired) electrons. The van der Waals surface area contributed by atoms with Crippen LogP contribution < -0.4 is 10.6 Å². The summed E-state index contributed by atoms with van der Waals surface area (Å²) in [6.45, 7) is 0. The van der Waals surface area contributed by atoms with Crippen molar-refractivity contribution in [2.45, 2.75) is 25.3 Å². The number of para-hydroxylation sites is 1. The predicted molar refractivity (Wildman–Crippen MR) is 90.7 cm³/mol. The van der Waals surface area contributed by atoms with Crippen LogP contribution >= 0.6 is 11.6 Å². The zero-order chi connectivity index (χ0) is 17.1. The Morgan fingerprint density at radius 2 is 1.88 bits per heavy atom. The van der Waals surface area contributed by atoms with Crippen molar-refractivity contribution in [2.24, 2.45) is 0 Å². The van der Waals surface area contributed by atoms with E-state index in [2.05, 4.69) is 10.6 Å². The summed E-state index contributed by atoms with van der Waals surface area (Å²) in [5, 5.41) is 5.74. The van der Waals surface area contributed by atoms with Gasteiger partial charge in [0.15, 0.2) is 0 Å². The maximum atomic E-state index is 13.8. The van der Waals surface area contributed by atoms with Crippen LogP contribution in [0.1, 0.15) is 28.8 Å². The molecule has 1 saturated carbocycles. The Balaban J connectivity index is 1.73. The molecule has 1 aliphatic carbocycles. The second-order valence-corrected chi connectivity index (χ2v) is 6.13. The first-order valence-corrected chi connectivity index (χ1v) is 8.05. The molecule has 0 spiro atoms. The van der Waals surface area contributed by atoms with Crippen LogP contribution in [0, 0.1) is 5.82 Å². The second kappa shape index (κ2) is 7.01. The molecule has 4 nitrogen and oxygen atoms in total. The van der Waals surface area contributed by atoms with E-state index < -0.39 is 11.7 Å². The lowest BCUT2D eigenvalue weighted by atomic mass is 10.1. The second-order valence-electron chi connectivity index (χ2n) is 5.72. The van der Waals surface area contributed by atoms with E-state index in [0.717, 1.165) is 12.8 Å². The minimum atomic E-state index is -0.530. The number of rotatable bonds is 5. The van der Waals surface area contributed by atoms with Crippen molar-refractivity contribution in [3.8, 4) is 0 Å². The normalized spacial score (nSPS) is 13.4. The van der Waals surface area contributed by atoms with E-state index in [1.54, 1.807) is 24.3 Å². The Morgan fingerprint density at radius 3 is 2.58 bits per heavy atom. The van der Waals surface area contributed by atoms with Crippen LogP contribution in [0.2, 0.25) is 5.02 Å². The van der Waals surface area contributed by atoms with Gasteiger partial charge in [0, 0.05) is 16.6 Å². The van der Waals surface area contributed by atoms with Gasteiger partial charge in [0.1, 0.15) is 5.82 Å². The van der Waals surface area contributed by atoms with Gasteiger partial charge in [-0.1, -0.05) is 29.8 Å². The first-order valence-electron chi connectivity index (χ1n) is 7.67. The third-order valence-electron chi connectivity index (χ3n) is 3.76. The van der Waals surface area contributed by atoms with E-state index in [0.29, 0.717) is 11.3 Å². The van der Waals surface area contributed by atoms with Gasteiger partial charge < -0.3 is 10.6 Å². The van der Waals surface area contributed by atoms with Crippen LogP contribution in [0.25, 0.3) is 0 Å². The van der Waals surface area contributed by atoms with E-state index in [1.807, 2.05) is 0 Å². The molecule has 0 heterocycles. The summed E-state index contributed by atoms with van der Waals surface area (Å²) in [6.07, 6.45) is 1.75. The zero-order valence-corrected chi connectivity index (χ0v) is 13.6. The zero-order valence-electron chi connectivity index (χ0n) is 12.8. The van der Waals surface area contributed by atoms with E-state index in [-0.39, 0.29) is 29.0 Å². The van der Waals surface area contributed by atoms with Gasteiger partial charge in [-0.05, 0) is 37.1 Å². The molecule has 0 aliphatic heterocycles. The molecule has 24 heavy (non-hydrogen) atoms. The molecule has 2 aromatic rings. The number of amides is 2. The Bertz CT molecular complexity index is 770. The molecule has 0 aromatic heterocycles. The molecule has 3 rings (SSSR count). The first kappa shape index (κ1) is 16.5. The predicted octanol–water partition coefficient (Wildman–Crippen LogP) is 3.55. The lowest BCUT2D eigenvalue weighted by molar-refractivity contribution is -0.115. The summed E-state index contributed by atoms with van der Waals surface area (Å²) in [5.74, 6) is -1.19. The summed E-state index contributed by atoms with van der Waals surface area (Å²) < 4.78 is 13.8. The lowest BCUT2D eigenvalue weighted by Gasteiger charge is -2.12. The Morgan fingerprint density at radius 1 is 1.12 bits per heavy atom. The maximum Gasteiger partial charge on any atom is 0.253 e. The van der Waals surface area contributed by atoms with Gasteiger partial charge >= 0.3 is 0 Å². The van der Waals surface area contributed by atoms with Crippen LogP contribution in [0.5, 0.6) is 0 Å². The smallest absolute Gasteiger partial charge is 0.253 e. The highest BCUT2D eigenvalue weighted by atomic mass is 35.5. The minimum Gasteiger partial charge on any atom is -0.349 e. The number of anilines is 1. The quantitative estimate of drug-likeness (QED) is 0.869. The SMILES string of the molecule is O=C(Cc1c(F)cccc1Cl)Nc1ccccc1C(=O)NC1CC1. The fourth-order valence-corrected chi connectivity index (χ4v) is 2.57. The molecule has 0 atom stereocenters. The van der Waals surface area contributed by atoms with Crippen molar-refractivity contribution in [1.29, 1.82) is 0 Å². The maximum absolute atomic E-state index is 13.8. The highest BCUT2D eigenvalue weighted by Gasteiger charge is 2.25. The molecule has 2 N–H and O–H groups in total. The van der Waals surface area contributed by atoms with Gasteiger partial charge in [-0.15, -0.1) is 0 Å². The Kier molecular flexibility index (Phi) is 4.81. The van der Waals surface area contributed by atoms with Gasteiger partial charge in [-0.3, -0.25) is 9.59 Å².